The van der Waals surface area contributed by atoms with E-state index in [1.807, 2.05) is 0 Å². The average molecular weight is 351 g/mol. The van der Waals surface area contributed by atoms with Crippen molar-refractivity contribution in [2.45, 2.75) is 0 Å². The monoisotopic (exact) mass is 347 g/mol. The van der Waals surface area contributed by atoms with Crippen molar-refractivity contribution in [3.05, 3.63) is 0 Å². The van der Waals surface area contributed by atoms with Crippen LogP contribution in [0.1, 0.15) is 0 Å². The Kier molecular flexibility index (Phi) is 166. The molecule has 0 aromatic carbocycles. The smallest absolute Gasteiger partial charge is 0 e. The van der Waals surface area contributed by atoms with Crippen LogP contribution in [0.15, 0.2) is 0 Å². The fourth-order valence-electron chi connectivity index (χ4n) is 0. The van der Waals surface area contributed by atoms with E-state index in [1.54, 1.807) is 0 Å². The van der Waals surface area contributed by atoms with Crippen LogP contribution in [0, 0.1) is 0 Å². The van der Waals surface area contributed by atoms with E-state index in [-0.39, 0.29) is 73.3 Å². The molecule has 4 heteroatoms. The molecular formula is H3AgBr3. The quantitative estimate of drug-likeness (QED) is 0.584. The standard InChI is InChI=1S/Ag.3BrH/h;3*1H. The molecule has 4 heavy (non-hydrogen) atoms. The fourth-order valence-corrected chi connectivity index (χ4v) is 0. The van der Waals surface area contributed by atoms with Gasteiger partial charge in [0, 0.05) is 22.4 Å². The normalized spacial score (nSPS) is 0. The Morgan fingerprint density at radius 1 is 0.500 bits per heavy atom. The third-order valence-corrected chi connectivity index (χ3v) is 0. The second kappa shape index (κ2) is 19.0. The average Bonchev–Trinajstić information content (AvgIpc) is 0. The first-order valence-corrected chi connectivity index (χ1v) is 0. The largest absolute Gasteiger partial charge is 0.114 e. The Morgan fingerprint density at radius 3 is 0.500 bits per heavy atom. The molecule has 0 N–H and O–H groups in total. The fraction of sp³-hybridized carbons (Fsp3) is 0. The van der Waals surface area contributed by atoms with Gasteiger partial charge in [0.05, 0.1) is 0 Å². The Hall–Kier alpha value is 2.18. The zero-order valence-electron chi connectivity index (χ0n) is 1.53. The third-order valence-electron chi connectivity index (χ3n) is 0. The summed E-state index contributed by atoms with van der Waals surface area (Å²) in [6.07, 6.45) is 0. The molecule has 0 heterocycles. The summed E-state index contributed by atoms with van der Waals surface area (Å²) in [4.78, 5) is 0. The molecule has 0 amide bonds. The molecule has 0 saturated carbocycles. The minimum Gasteiger partial charge on any atom is -0.114 e. The Balaban J connectivity index is 0. The van der Waals surface area contributed by atoms with Crippen molar-refractivity contribution >= 4 is 50.9 Å². The molecule has 0 aliphatic carbocycles. The first-order chi connectivity index (χ1) is 0. The van der Waals surface area contributed by atoms with Gasteiger partial charge in [0.2, 0.25) is 0 Å². The van der Waals surface area contributed by atoms with E-state index in [9.17, 15) is 0 Å². The third kappa shape index (κ3) is 8.89. The second-order valence-corrected chi connectivity index (χ2v) is 0. The van der Waals surface area contributed by atoms with Crippen LogP contribution >= 0.6 is 50.9 Å². The molecule has 0 aromatic heterocycles. The molecule has 0 aliphatic rings. The zero-order chi connectivity index (χ0) is 0. The molecule has 0 fully saturated rings. The summed E-state index contributed by atoms with van der Waals surface area (Å²) in [5.41, 5.74) is 0. The summed E-state index contributed by atoms with van der Waals surface area (Å²) in [6, 6.07) is 0. The maximum Gasteiger partial charge on any atom is 0 e. The Morgan fingerprint density at radius 2 is 0.500 bits per heavy atom. The van der Waals surface area contributed by atoms with Gasteiger partial charge in [-0.15, -0.1) is 50.9 Å². The molecule has 0 saturated heterocycles. The van der Waals surface area contributed by atoms with E-state index in [4.69, 9.17) is 0 Å². The van der Waals surface area contributed by atoms with Gasteiger partial charge in [0.25, 0.3) is 0 Å². The van der Waals surface area contributed by atoms with Crippen LogP contribution < -0.4 is 0 Å². The van der Waals surface area contributed by atoms with Crippen LogP contribution in [0.5, 0.6) is 0 Å². The van der Waals surface area contributed by atoms with Crippen LogP contribution in [0.4, 0.5) is 0 Å². The summed E-state index contributed by atoms with van der Waals surface area (Å²) in [5, 5.41) is 0. The molecule has 0 atom stereocenters. The van der Waals surface area contributed by atoms with Crippen molar-refractivity contribution in [2.24, 2.45) is 0 Å². The number of rotatable bonds is 0. The number of hydrogen-bond acceptors (Lipinski definition) is 0. The molecule has 0 rings (SSSR count). The molecule has 0 aliphatic heterocycles. The van der Waals surface area contributed by atoms with Gasteiger partial charge in [0.1, 0.15) is 0 Å². The van der Waals surface area contributed by atoms with Gasteiger partial charge in [0.15, 0.2) is 0 Å². The second-order valence-electron chi connectivity index (χ2n) is 0. The van der Waals surface area contributed by atoms with E-state index < -0.39 is 0 Å². The topological polar surface area (TPSA) is 0 Å². The minimum absolute atomic E-state index is 0. The summed E-state index contributed by atoms with van der Waals surface area (Å²) >= 11 is 0. The summed E-state index contributed by atoms with van der Waals surface area (Å²) < 4.78 is 0. The van der Waals surface area contributed by atoms with Gasteiger partial charge >= 0.3 is 0 Å². The predicted octanol–water partition coefficient (Wildman–Crippen LogP) is 1.73. The molecule has 0 spiro atoms. The van der Waals surface area contributed by atoms with Gasteiger partial charge in [-0.05, 0) is 0 Å². The molecule has 0 aromatic rings. The van der Waals surface area contributed by atoms with Crippen LogP contribution in [0.25, 0.3) is 0 Å². The van der Waals surface area contributed by atoms with Crippen molar-refractivity contribution < 1.29 is 22.4 Å². The van der Waals surface area contributed by atoms with Crippen molar-refractivity contribution in [3.8, 4) is 0 Å². The van der Waals surface area contributed by atoms with Gasteiger partial charge < -0.3 is 0 Å². The van der Waals surface area contributed by atoms with Gasteiger partial charge in [-0.3, -0.25) is 0 Å². The van der Waals surface area contributed by atoms with Crippen molar-refractivity contribution in [3.63, 3.8) is 0 Å². The molecular weight excluding hydrogens is 348 g/mol. The number of halogens is 3. The first-order valence-electron chi connectivity index (χ1n) is 0. The maximum absolute atomic E-state index is 0. The Labute approximate surface area is 72.5 Å². The molecule has 1 radical (unpaired) electrons. The molecule has 0 unspecified atom stereocenters. The Bertz CT molecular complexity index is 3.25. The molecule has 0 nitrogen and oxygen atoms in total. The maximum atomic E-state index is 0. The van der Waals surface area contributed by atoms with E-state index in [2.05, 4.69) is 0 Å². The zero-order valence-corrected chi connectivity index (χ0v) is 8.15. The van der Waals surface area contributed by atoms with Gasteiger partial charge in [-0.25, -0.2) is 0 Å². The van der Waals surface area contributed by atoms with Crippen molar-refractivity contribution in [2.75, 3.05) is 0 Å². The van der Waals surface area contributed by atoms with Crippen molar-refractivity contribution in [1.29, 1.82) is 0 Å². The van der Waals surface area contributed by atoms with E-state index >= 15 is 0 Å². The first kappa shape index (κ1) is 34.9. The van der Waals surface area contributed by atoms with E-state index in [0.717, 1.165) is 0 Å². The van der Waals surface area contributed by atoms with Crippen LogP contribution in [0.2, 0.25) is 0 Å². The van der Waals surface area contributed by atoms with Crippen LogP contribution in [-0.2, 0) is 22.4 Å². The molecule has 0 bridgehead atoms. The van der Waals surface area contributed by atoms with E-state index in [1.165, 1.54) is 0 Å². The summed E-state index contributed by atoms with van der Waals surface area (Å²) in [6.45, 7) is 0. The summed E-state index contributed by atoms with van der Waals surface area (Å²) in [7, 11) is 0. The SMILES string of the molecule is Br.Br.Br.[Ag]. The van der Waals surface area contributed by atoms with Gasteiger partial charge in [-0.1, -0.05) is 0 Å². The van der Waals surface area contributed by atoms with Crippen molar-refractivity contribution in [1.82, 2.24) is 0 Å². The summed E-state index contributed by atoms with van der Waals surface area (Å²) in [5.74, 6) is 0. The predicted molar refractivity (Wildman–Crippen MR) is 31.0 cm³/mol. The van der Waals surface area contributed by atoms with Gasteiger partial charge in [-0.2, -0.15) is 0 Å². The number of hydrogen-bond donors (Lipinski definition) is 0. The van der Waals surface area contributed by atoms with Crippen LogP contribution in [-0.4, -0.2) is 0 Å². The minimum atomic E-state index is 0. The molecule has 35 valence electrons. The van der Waals surface area contributed by atoms with Crippen LogP contribution in [0.3, 0.4) is 0 Å². The van der Waals surface area contributed by atoms with E-state index in [0.29, 0.717) is 0 Å².